The number of carbonyl (C=O) groups is 1. The van der Waals surface area contributed by atoms with Crippen LogP contribution in [0.5, 0.6) is 0 Å². The molecule has 4 aliphatic rings. The van der Waals surface area contributed by atoms with Gasteiger partial charge < -0.3 is 20.4 Å². The van der Waals surface area contributed by atoms with Crippen LogP contribution in [0.3, 0.4) is 0 Å². The van der Waals surface area contributed by atoms with Gasteiger partial charge in [-0.15, -0.1) is 0 Å². The Balaban J connectivity index is 1.17. The molecule has 1 saturated carbocycles. The second-order valence-corrected chi connectivity index (χ2v) is 12.1. The third kappa shape index (κ3) is 4.86. The number of hydrogen-bond donors (Lipinski definition) is 2. The maximum Gasteiger partial charge on any atom is 0.246 e. The van der Waals surface area contributed by atoms with E-state index in [2.05, 4.69) is 64.1 Å². The Morgan fingerprint density at radius 1 is 1.13 bits per heavy atom. The first-order valence-corrected chi connectivity index (χ1v) is 14.7. The number of hydrogen-bond acceptors (Lipinski definition) is 8. The van der Waals surface area contributed by atoms with Crippen LogP contribution in [0.2, 0.25) is 0 Å². The van der Waals surface area contributed by atoms with Crippen LogP contribution in [0.15, 0.2) is 30.6 Å². The van der Waals surface area contributed by atoms with Crippen LogP contribution in [0.25, 0.3) is 6.08 Å². The number of carbonyl (C=O) groups excluding carboxylic acids is 1. The lowest BCUT2D eigenvalue weighted by Gasteiger charge is -2.50. The maximum atomic E-state index is 12.8. The van der Waals surface area contributed by atoms with E-state index in [0.717, 1.165) is 55.5 Å². The van der Waals surface area contributed by atoms with Crippen molar-refractivity contribution in [3.63, 3.8) is 0 Å². The fourth-order valence-corrected chi connectivity index (χ4v) is 6.96. The van der Waals surface area contributed by atoms with Crippen LogP contribution in [0.4, 0.5) is 23.3 Å². The zero-order chi connectivity index (χ0) is 27.1. The van der Waals surface area contributed by atoms with Crippen molar-refractivity contribution in [2.75, 3.05) is 41.3 Å². The van der Waals surface area contributed by atoms with Crippen molar-refractivity contribution in [3.05, 3.63) is 36.2 Å². The summed E-state index contributed by atoms with van der Waals surface area (Å²) in [5.74, 6) is 2.82. The lowest BCUT2D eigenvalue weighted by Crippen LogP contribution is -2.67. The highest BCUT2D eigenvalue weighted by Crippen LogP contribution is 2.44. The summed E-state index contributed by atoms with van der Waals surface area (Å²) in [4.78, 5) is 34.4. The monoisotopic (exact) mass is 530 g/mol. The normalized spacial score (nSPS) is 26.8. The predicted octanol–water partition coefficient (Wildman–Crippen LogP) is 4.20. The number of piperazine rings is 2. The molecule has 3 fully saturated rings. The summed E-state index contributed by atoms with van der Waals surface area (Å²) in [6.45, 7) is 13.1. The van der Waals surface area contributed by atoms with Crippen molar-refractivity contribution in [1.29, 1.82) is 0 Å². The maximum absolute atomic E-state index is 12.8. The molecule has 208 valence electrons. The molecule has 1 spiro atoms. The molecule has 4 unspecified atom stereocenters. The van der Waals surface area contributed by atoms with Crippen molar-refractivity contribution in [2.45, 2.75) is 83.5 Å². The summed E-state index contributed by atoms with van der Waals surface area (Å²) >= 11 is 0. The topological polar surface area (TPSA) is 89.5 Å². The Kier molecular flexibility index (Phi) is 6.95. The SMILES string of the molecule is CCC(C)CN1C(C)CN(c2ccc(Nc3ncc4c(n3)N3C(C=C4)C(=O)NCC34CCCC4)nc2)CC1C. The summed E-state index contributed by atoms with van der Waals surface area (Å²) in [5.41, 5.74) is 2.03. The number of rotatable bonds is 6. The molecule has 39 heavy (non-hydrogen) atoms. The summed E-state index contributed by atoms with van der Waals surface area (Å²) in [5, 5.41) is 6.45. The zero-order valence-electron chi connectivity index (χ0n) is 23.7. The molecule has 2 aromatic rings. The third-order valence-corrected chi connectivity index (χ3v) is 9.34. The third-order valence-electron chi connectivity index (χ3n) is 9.34. The van der Waals surface area contributed by atoms with Gasteiger partial charge in [0, 0.05) is 50.0 Å². The van der Waals surface area contributed by atoms with Crippen molar-refractivity contribution in [1.82, 2.24) is 25.2 Å². The molecule has 1 aliphatic carbocycles. The van der Waals surface area contributed by atoms with E-state index in [-0.39, 0.29) is 17.5 Å². The summed E-state index contributed by atoms with van der Waals surface area (Å²) in [7, 11) is 0. The Hall–Kier alpha value is -3.20. The van der Waals surface area contributed by atoms with Crippen molar-refractivity contribution in [3.8, 4) is 0 Å². The molecule has 9 nitrogen and oxygen atoms in total. The molecule has 3 aliphatic heterocycles. The Labute approximate surface area is 232 Å². The lowest BCUT2D eigenvalue weighted by atomic mass is 9.87. The zero-order valence-corrected chi connectivity index (χ0v) is 23.7. The smallest absolute Gasteiger partial charge is 0.246 e. The first-order chi connectivity index (χ1) is 18.9. The number of nitrogens with zero attached hydrogens (tertiary/aromatic N) is 6. The average Bonchev–Trinajstić information content (AvgIpc) is 3.41. The first kappa shape index (κ1) is 26.0. The Morgan fingerprint density at radius 2 is 1.90 bits per heavy atom. The molecule has 9 heteroatoms. The van der Waals surface area contributed by atoms with Gasteiger partial charge in [0.25, 0.3) is 0 Å². The minimum atomic E-state index is -0.319. The number of anilines is 4. The largest absolute Gasteiger partial charge is 0.367 e. The quantitative estimate of drug-likeness (QED) is 0.574. The van der Waals surface area contributed by atoms with Gasteiger partial charge in [0.2, 0.25) is 11.9 Å². The minimum absolute atomic E-state index is 0.0455. The molecule has 2 aromatic heterocycles. The highest BCUT2D eigenvalue weighted by atomic mass is 16.2. The van der Waals surface area contributed by atoms with E-state index in [1.807, 2.05) is 30.6 Å². The minimum Gasteiger partial charge on any atom is -0.367 e. The van der Waals surface area contributed by atoms with Crippen molar-refractivity contribution >= 4 is 35.3 Å². The van der Waals surface area contributed by atoms with E-state index in [1.165, 1.54) is 19.3 Å². The lowest BCUT2D eigenvalue weighted by molar-refractivity contribution is -0.123. The number of nitrogens with one attached hydrogen (secondary N) is 2. The molecule has 5 heterocycles. The van der Waals surface area contributed by atoms with Crippen LogP contribution in [0, 0.1) is 5.92 Å². The van der Waals surface area contributed by atoms with Gasteiger partial charge in [0.15, 0.2) is 0 Å². The van der Waals surface area contributed by atoms with E-state index in [1.54, 1.807) is 0 Å². The Morgan fingerprint density at radius 3 is 2.59 bits per heavy atom. The molecular formula is C30H42N8O. The van der Waals surface area contributed by atoms with Crippen LogP contribution >= 0.6 is 0 Å². The fraction of sp³-hybridized carbons (Fsp3) is 0.600. The average molecular weight is 531 g/mol. The van der Waals surface area contributed by atoms with Gasteiger partial charge in [-0.1, -0.05) is 45.3 Å². The highest BCUT2D eigenvalue weighted by Gasteiger charge is 2.50. The number of pyridine rings is 1. The van der Waals surface area contributed by atoms with Crippen LogP contribution in [0.1, 0.15) is 65.4 Å². The second kappa shape index (κ2) is 10.4. The summed E-state index contributed by atoms with van der Waals surface area (Å²) in [6, 6.07) is 4.83. The summed E-state index contributed by atoms with van der Waals surface area (Å²) in [6.07, 6.45) is 13.5. The van der Waals surface area contributed by atoms with Crippen LogP contribution < -0.4 is 20.4 Å². The molecular weight excluding hydrogens is 488 g/mol. The van der Waals surface area contributed by atoms with E-state index in [0.29, 0.717) is 30.4 Å². The molecule has 0 radical (unpaired) electrons. The number of fused-ring (bicyclic) bond motifs is 4. The van der Waals surface area contributed by atoms with Crippen LogP contribution in [-0.4, -0.2) is 75.6 Å². The van der Waals surface area contributed by atoms with Gasteiger partial charge in [0.05, 0.1) is 17.4 Å². The first-order valence-electron chi connectivity index (χ1n) is 14.7. The van der Waals surface area contributed by atoms with Gasteiger partial charge in [-0.25, -0.2) is 9.97 Å². The molecule has 4 atom stereocenters. The molecule has 0 bridgehead atoms. The molecule has 6 rings (SSSR count). The van der Waals surface area contributed by atoms with E-state index >= 15 is 0 Å². The second-order valence-electron chi connectivity index (χ2n) is 12.1. The predicted molar refractivity (Wildman–Crippen MR) is 156 cm³/mol. The number of amides is 1. The van der Waals surface area contributed by atoms with Gasteiger partial charge >= 0.3 is 0 Å². The van der Waals surface area contributed by atoms with E-state index in [9.17, 15) is 4.79 Å². The molecule has 2 saturated heterocycles. The van der Waals surface area contributed by atoms with E-state index < -0.39 is 0 Å². The Bertz CT molecular complexity index is 1210. The van der Waals surface area contributed by atoms with Gasteiger partial charge in [-0.05, 0) is 44.7 Å². The van der Waals surface area contributed by atoms with Crippen LogP contribution in [-0.2, 0) is 4.79 Å². The number of aromatic nitrogens is 3. The van der Waals surface area contributed by atoms with Crippen molar-refractivity contribution < 1.29 is 4.79 Å². The molecule has 2 N–H and O–H groups in total. The van der Waals surface area contributed by atoms with Gasteiger partial charge in [0.1, 0.15) is 17.7 Å². The van der Waals surface area contributed by atoms with E-state index in [4.69, 9.17) is 9.97 Å². The van der Waals surface area contributed by atoms with Crippen molar-refractivity contribution in [2.24, 2.45) is 5.92 Å². The fourth-order valence-electron chi connectivity index (χ4n) is 6.96. The highest BCUT2D eigenvalue weighted by molar-refractivity contribution is 5.93. The standard InChI is InChI=1S/C30H42N8O/c1-5-20(2)16-37-21(3)17-36(18-22(37)4)24-9-11-26(31-15-24)34-29-32-14-23-8-10-25-28(39)33-19-30(12-6-7-13-30)38(25)27(23)35-29/h8-11,14-15,20-22,25H,5-7,12-13,16-19H2,1-4H3,(H,33,39)(H,31,32,34,35). The molecule has 1 amide bonds. The summed E-state index contributed by atoms with van der Waals surface area (Å²) < 4.78 is 0. The van der Waals surface area contributed by atoms with Gasteiger partial charge in [-0.3, -0.25) is 9.69 Å². The molecule has 0 aromatic carbocycles. The van der Waals surface area contributed by atoms with Gasteiger partial charge in [-0.2, -0.15) is 4.98 Å².